The summed E-state index contributed by atoms with van der Waals surface area (Å²) in [5.74, 6) is -0.737. The summed E-state index contributed by atoms with van der Waals surface area (Å²) in [7, 11) is 0. The minimum absolute atomic E-state index is 0.0722. The Labute approximate surface area is 132 Å². The van der Waals surface area contributed by atoms with Gasteiger partial charge in [0.05, 0.1) is 11.1 Å². The topological polar surface area (TPSA) is 63.6 Å². The lowest BCUT2D eigenvalue weighted by molar-refractivity contribution is -0.132. The predicted molar refractivity (Wildman–Crippen MR) is 84.4 cm³/mol. The molecule has 22 heavy (non-hydrogen) atoms. The van der Waals surface area contributed by atoms with E-state index in [2.05, 4.69) is 0 Å². The molecule has 2 aromatic carbocycles. The molecule has 0 aromatic heterocycles. The highest BCUT2D eigenvalue weighted by Crippen LogP contribution is 2.18. The Morgan fingerprint density at radius 1 is 1.14 bits per heavy atom. The van der Waals surface area contributed by atoms with Crippen molar-refractivity contribution in [2.24, 2.45) is 0 Å². The third-order valence-electron chi connectivity index (χ3n) is 2.91. The maximum atomic E-state index is 11.3. The Kier molecular flexibility index (Phi) is 5.33. The van der Waals surface area contributed by atoms with Gasteiger partial charge in [-0.3, -0.25) is 4.79 Å². The summed E-state index contributed by atoms with van der Waals surface area (Å²) in [4.78, 5) is 22.2. The average Bonchev–Trinajstić information content (AvgIpc) is 2.53. The van der Waals surface area contributed by atoms with Crippen LogP contribution < -0.4 is 4.74 Å². The number of carbonyl (C=O) groups is 2. The number of aliphatic carboxylic acids is 1. The third-order valence-corrected chi connectivity index (χ3v) is 3.17. The van der Waals surface area contributed by atoms with Gasteiger partial charge in [0.15, 0.2) is 6.29 Å². The molecule has 0 heterocycles. The van der Waals surface area contributed by atoms with Gasteiger partial charge in [-0.25, -0.2) is 4.79 Å². The molecule has 0 bridgehead atoms. The first-order valence-corrected chi connectivity index (χ1v) is 6.84. The Hall–Kier alpha value is -2.59. The van der Waals surface area contributed by atoms with Gasteiger partial charge in [-0.15, -0.1) is 0 Å². The van der Waals surface area contributed by atoms with E-state index in [0.717, 1.165) is 0 Å². The summed E-state index contributed by atoms with van der Waals surface area (Å²) in [5, 5.41) is 9.82. The SMILES string of the molecule is O=Cc1ccccc1OCC(=Cc1ccc(Cl)cc1)C(=O)O. The average molecular weight is 317 g/mol. The molecule has 0 aliphatic heterocycles. The maximum Gasteiger partial charge on any atom is 0.335 e. The molecule has 0 amide bonds. The van der Waals surface area contributed by atoms with Gasteiger partial charge in [0.25, 0.3) is 0 Å². The summed E-state index contributed by atoms with van der Waals surface area (Å²) in [6.07, 6.45) is 2.17. The van der Waals surface area contributed by atoms with Crippen LogP contribution in [0.2, 0.25) is 5.02 Å². The number of hydrogen-bond acceptors (Lipinski definition) is 3. The number of halogens is 1. The molecule has 4 nitrogen and oxygen atoms in total. The second-order valence-corrected chi connectivity index (χ2v) is 4.91. The van der Waals surface area contributed by atoms with Crippen molar-refractivity contribution in [3.8, 4) is 5.75 Å². The molecule has 0 atom stereocenters. The van der Waals surface area contributed by atoms with Crippen LogP contribution in [0.3, 0.4) is 0 Å². The van der Waals surface area contributed by atoms with E-state index in [4.69, 9.17) is 16.3 Å². The second-order valence-electron chi connectivity index (χ2n) is 4.47. The van der Waals surface area contributed by atoms with Crippen LogP contribution in [0.4, 0.5) is 0 Å². The number of ether oxygens (including phenoxy) is 1. The predicted octanol–water partition coefficient (Wildman–Crippen LogP) is 3.70. The number of aldehydes is 1. The van der Waals surface area contributed by atoms with Crippen LogP contribution in [0.1, 0.15) is 15.9 Å². The zero-order valence-corrected chi connectivity index (χ0v) is 12.3. The van der Waals surface area contributed by atoms with Crippen LogP contribution in [0.5, 0.6) is 5.75 Å². The molecule has 0 aliphatic carbocycles. The Morgan fingerprint density at radius 2 is 1.82 bits per heavy atom. The molecule has 0 saturated carbocycles. The first-order valence-electron chi connectivity index (χ1n) is 6.46. The molecular formula is C17H13ClO4. The molecule has 1 N–H and O–H groups in total. The molecule has 0 aliphatic rings. The van der Waals surface area contributed by atoms with E-state index in [0.29, 0.717) is 28.2 Å². The lowest BCUT2D eigenvalue weighted by Gasteiger charge is -2.09. The number of para-hydroxylation sites is 1. The minimum atomic E-state index is -1.08. The zero-order chi connectivity index (χ0) is 15.9. The van der Waals surface area contributed by atoms with Crippen LogP contribution in [0.15, 0.2) is 54.1 Å². The van der Waals surface area contributed by atoms with E-state index in [9.17, 15) is 14.7 Å². The van der Waals surface area contributed by atoms with Gasteiger partial charge < -0.3 is 9.84 Å². The Bertz CT molecular complexity index is 705. The summed E-state index contributed by atoms with van der Waals surface area (Å²) < 4.78 is 5.44. The van der Waals surface area contributed by atoms with E-state index in [-0.39, 0.29) is 12.2 Å². The fraction of sp³-hybridized carbons (Fsp3) is 0.0588. The largest absolute Gasteiger partial charge is 0.488 e. The van der Waals surface area contributed by atoms with Crippen molar-refractivity contribution >= 4 is 29.9 Å². The van der Waals surface area contributed by atoms with Crippen LogP contribution in [-0.2, 0) is 4.79 Å². The van der Waals surface area contributed by atoms with Crippen molar-refractivity contribution in [1.82, 2.24) is 0 Å². The number of carbonyl (C=O) groups excluding carboxylic acids is 1. The molecule has 0 radical (unpaired) electrons. The van der Waals surface area contributed by atoms with Crippen LogP contribution in [-0.4, -0.2) is 24.0 Å². The van der Waals surface area contributed by atoms with Crippen molar-refractivity contribution < 1.29 is 19.4 Å². The minimum Gasteiger partial charge on any atom is -0.488 e. The van der Waals surface area contributed by atoms with E-state index < -0.39 is 5.97 Å². The summed E-state index contributed by atoms with van der Waals surface area (Å²) in [6.45, 7) is -0.150. The molecule has 0 unspecified atom stereocenters. The lowest BCUT2D eigenvalue weighted by atomic mass is 10.1. The number of benzene rings is 2. The maximum absolute atomic E-state index is 11.3. The lowest BCUT2D eigenvalue weighted by Crippen LogP contribution is -2.11. The number of rotatable bonds is 6. The van der Waals surface area contributed by atoms with Crippen molar-refractivity contribution in [2.75, 3.05) is 6.61 Å². The monoisotopic (exact) mass is 316 g/mol. The molecule has 5 heteroatoms. The molecule has 112 valence electrons. The van der Waals surface area contributed by atoms with Crippen molar-refractivity contribution in [3.05, 3.63) is 70.3 Å². The summed E-state index contributed by atoms with van der Waals surface area (Å²) in [6, 6.07) is 13.4. The molecule has 0 saturated heterocycles. The normalized spacial score (nSPS) is 11.0. The standard InChI is InChI=1S/C17H13ClO4/c18-15-7-5-12(6-8-15)9-14(17(20)21)11-22-16-4-2-1-3-13(16)10-19/h1-10H,11H2,(H,20,21). The fourth-order valence-corrected chi connectivity index (χ4v) is 1.92. The molecule has 0 spiro atoms. The van der Waals surface area contributed by atoms with Crippen LogP contribution in [0.25, 0.3) is 6.08 Å². The second kappa shape index (κ2) is 7.43. The number of carboxylic acid groups (broad SMARTS) is 1. The number of carboxylic acids is 1. The fourth-order valence-electron chi connectivity index (χ4n) is 1.79. The Balaban J connectivity index is 2.17. The first kappa shape index (κ1) is 15.8. The highest BCUT2D eigenvalue weighted by molar-refractivity contribution is 6.30. The van der Waals surface area contributed by atoms with E-state index in [1.165, 1.54) is 6.08 Å². The molecule has 2 rings (SSSR count). The van der Waals surface area contributed by atoms with Crippen LogP contribution >= 0.6 is 11.6 Å². The van der Waals surface area contributed by atoms with E-state index >= 15 is 0 Å². The van der Waals surface area contributed by atoms with Gasteiger partial charge in [-0.1, -0.05) is 35.9 Å². The van der Waals surface area contributed by atoms with Crippen molar-refractivity contribution in [3.63, 3.8) is 0 Å². The summed E-state index contributed by atoms with van der Waals surface area (Å²) >= 11 is 5.79. The first-order chi connectivity index (χ1) is 10.6. The molecule has 0 fully saturated rings. The number of hydrogen-bond donors (Lipinski definition) is 1. The van der Waals surface area contributed by atoms with Crippen molar-refractivity contribution in [2.45, 2.75) is 0 Å². The van der Waals surface area contributed by atoms with Gasteiger partial charge in [-0.2, -0.15) is 0 Å². The smallest absolute Gasteiger partial charge is 0.335 e. The van der Waals surface area contributed by atoms with Gasteiger partial charge in [0.1, 0.15) is 12.4 Å². The zero-order valence-electron chi connectivity index (χ0n) is 11.5. The van der Waals surface area contributed by atoms with Gasteiger partial charge in [0.2, 0.25) is 0 Å². The van der Waals surface area contributed by atoms with E-state index in [1.807, 2.05) is 0 Å². The molecule has 2 aromatic rings. The molecular weight excluding hydrogens is 304 g/mol. The van der Waals surface area contributed by atoms with E-state index in [1.54, 1.807) is 48.5 Å². The highest BCUT2D eigenvalue weighted by atomic mass is 35.5. The Morgan fingerprint density at radius 3 is 2.45 bits per heavy atom. The van der Waals surface area contributed by atoms with Gasteiger partial charge in [0, 0.05) is 5.02 Å². The van der Waals surface area contributed by atoms with Gasteiger partial charge in [-0.05, 0) is 35.9 Å². The van der Waals surface area contributed by atoms with Gasteiger partial charge >= 0.3 is 5.97 Å². The van der Waals surface area contributed by atoms with Crippen LogP contribution in [0, 0.1) is 0 Å². The quantitative estimate of drug-likeness (QED) is 0.652. The summed E-state index contributed by atoms with van der Waals surface area (Å²) in [5.41, 5.74) is 1.15. The van der Waals surface area contributed by atoms with Crippen molar-refractivity contribution in [1.29, 1.82) is 0 Å². The highest BCUT2D eigenvalue weighted by Gasteiger charge is 2.10. The third kappa shape index (κ3) is 4.20.